The first-order chi connectivity index (χ1) is 27.7. The zero-order chi connectivity index (χ0) is 37.9. The van der Waals surface area contributed by atoms with E-state index in [1.54, 1.807) is 0 Å². The van der Waals surface area contributed by atoms with Gasteiger partial charge in [-0.2, -0.15) is 0 Å². The highest BCUT2D eigenvalue weighted by Crippen LogP contribution is 2.63. The summed E-state index contributed by atoms with van der Waals surface area (Å²) in [5.74, 6) is 0.491. The van der Waals surface area contributed by atoms with Gasteiger partial charge in [0.2, 0.25) is 0 Å². The third-order valence-corrected chi connectivity index (χ3v) is 11.2. The van der Waals surface area contributed by atoms with E-state index in [0.29, 0.717) is 5.84 Å². The van der Waals surface area contributed by atoms with Crippen LogP contribution in [0.15, 0.2) is 223 Å². The summed E-state index contributed by atoms with van der Waals surface area (Å²) in [5.41, 5.74) is 23.6. The maximum absolute atomic E-state index is 7.12. The van der Waals surface area contributed by atoms with Crippen molar-refractivity contribution in [3.63, 3.8) is 0 Å². The highest BCUT2D eigenvalue weighted by molar-refractivity contribution is 6.05. The quantitative estimate of drug-likeness (QED) is 0.135. The van der Waals surface area contributed by atoms with Gasteiger partial charge >= 0.3 is 0 Å². The van der Waals surface area contributed by atoms with Crippen molar-refractivity contribution in [1.82, 2.24) is 0 Å². The molecular formula is C54H42N2. The Kier molecular flexibility index (Phi) is 9.31. The predicted molar refractivity (Wildman–Crippen MR) is 237 cm³/mol. The Hall–Kier alpha value is -7.03. The van der Waals surface area contributed by atoms with Gasteiger partial charge in [-0.3, -0.25) is 4.99 Å². The number of allylic oxidation sites excluding steroid dienone is 11. The molecule has 0 aliphatic heterocycles. The van der Waals surface area contributed by atoms with Crippen LogP contribution < -0.4 is 5.73 Å². The first-order valence-electron chi connectivity index (χ1n) is 19.3. The Morgan fingerprint density at radius 1 is 0.554 bits per heavy atom. The van der Waals surface area contributed by atoms with E-state index < -0.39 is 5.41 Å². The van der Waals surface area contributed by atoms with Crippen LogP contribution in [0.5, 0.6) is 0 Å². The van der Waals surface area contributed by atoms with E-state index in [-0.39, 0.29) is 6.04 Å². The van der Waals surface area contributed by atoms with Gasteiger partial charge in [0.05, 0.1) is 5.41 Å². The van der Waals surface area contributed by atoms with E-state index in [0.717, 1.165) is 27.8 Å². The molecule has 3 aliphatic carbocycles. The second-order valence-electron chi connectivity index (χ2n) is 14.3. The van der Waals surface area contributed by atoms with Crippen molar-refractivity contribution in [3.05, 3.63) is 257 Å². The van der Waals surface area contributed by atoms with Gasteiger partial charge in [-0.15, -0.1) is 0 Å². The lowest BCUT2D eigenvalue weighted by Crippen LogP contribution is -2.25. The van der Waals surface area contributed by atoms with Crippen LogP contribution >= 0.6 is 0 Å². The van der Waals surface area contributed by atoms with Crippen LogP contribution in [0.25, 0.3) is 39.5 Å². The Balaban J connectivity index is 1.19. The van der Waals surface area contributed by atoms with Crippen LogP contribution in [0.1, 0.15) is 51.9 Å². The molecule has 268 valence electrons. The highest BCUT2D eigenvalue weighted by Gasteiger charge is 2.51. The molecule has 6 aromatic rings. The van der Waals surface area contributed by atoms with Crippen molar-refractivity contribution in [3.8, 4) is 33.4 Å². The minimum Gasteiger partial charge on any atom is -0.383 e. The number of rotatable bonds is 6. The normalized spacial score (nSPS) is 21.0. The number of aliphatic imine (C=N–C) groups is 1. The summed E-state index contributed by atoms with van der Waals surface area (Å²) in [5, 5.41) is 0. The highest BCUT2D eigenvalue weighted by atomic mass is 14.9. The van der Waals surface area contributed by atoms with Gasteiger partial charge in [0.15, 0.2) is 0 Å². The molecule has 0 fully saturated rings. The maximum atomic E-state index is 7.12. The molecule has 2 atom stereocenters. The predicted octanol–water partition coefficient (Wildman–Crippen LogP) is 12.9. The molecule has 6 aromatic carbocycles. The van der Waals surface area contributed by atoms with Gasteiger partial charge in [0.25, 0.3) is 0 Å². The summed E-state index contributed by atoms with van der Waals surface area (Å²) in [6.45, 7) is 2.09. The van der Waals surface area contributed by atoms with Gasteiger partial charge < -0.3 is 5.73 Å². The summed E-state index contributed by atoms with van der Waals surface area (Å²) in [7, 11) is 0. The van der Waals surface area contributed by atoms with Crippen LogP contribution in [0.4, 0.5) is 0 Å². The van der Waals surface area contributed by atoms with Crippen molar-refractivity contribution in [1.29, 1.82) is 0 Å². The van der Waals surface area contributed by atoms with Crippen molar-refractivity contribution < 1.29 is 0 Å². The lowest BCUT2D eigenvalue weighted by molar-refractivity contribution is 0.794. The molecule has 2 unspecified atom stereocenters. The fraction of sp³-hybridized carbons (Fsp3) is 0.0556. The third-order valence-electron chi connectivity index (χ3n) is 11.2. The Morgan fingerprint density at radius 2 is 1.16 bits per heavy atom. The number of nitrogens with zero attached hydrogens (tertiary/aromatic N) is 1. The number of hydrogen-bond donors (Lipinski definition) is 1. The molecule has 0 heterocycles. The molecule has 2 N–H and O–H groups in total. The molecule has 0 amide bonds. The summed E-state index contributed by atoms with van der Waals surface area (Å²) < 4.78 is 0. The van der Waals surface area contributed by atoms with Crippen LogP contribution in [0.2, 0.25) is 0 Å². The van der Waals surface area contributed by atoms with E-state index in [1.165, 1.54) is 50.1 Å². The lowest BCUT2D eigenvalue weighted by Gasteiger charge is -2.30. The van der Waals surface area contributed by atoms with Gasteiger partial charge in [-0.25, -0.2) is 0 Å². The first kappa shape index (κ1) is 34.7. The molecule has 1 spiro atoms. The van der Waals surface area contributed by atoms with Crippen molar-refractivity contribution in [2.45, 2.75) is 18.4 Å². The maximum Gasteiger partial charge on any atom is 0.127 e. The minimum atomic E-state index is -0.415. The SMILES string of the molecule is C/C=C\c1cccc2c1-c1ccccc1C21c2ccccc2-c2cc(-c3ccccc3C(N)=NC(C3=C/C=C\C=C/C=C/C=C/C=C\3)c3ccccc3)ccc21. The molecule has 0 radical (unpaired) electrons. The average Bonchev–Trinajstić information content (AvgIpc) is 3.71. The second-order valence-corrected chi connectivity index (χ2v) is 14.3. The molecule has 0 aromatic heterocycles. The number of fused-ring (bicyclic) bond motifs is 10. The summed E-state index contributed by atoms with van der Waals surface area (Å²) in [4.78, 5) is 5.31. The second kappa shape index (κ2) is 15.0. The number of hydrogen-bond acceptors (Lipinski definition) is 1. The van der Waals surface area contributed by atoms with Crippen molar-refractivity contribution >= 4 is 11.9 Å². The molecule has 2 nitrogen and oxygen atoms in total. The van der Waals surface area contributed by atoms with Crippen LogP contribution in [0.3, 0.4) is 0 Å². The monoisotopic (exact) mass is 718 g/mol. The van der Waals surface area contributed by atoms with Crippen molar-refractivity contribution in [2.75, 3.05) is 0 Å². The molecule has 0 saturated heterocycles. The molecule has 9 rings (SSSR count). The fourth-order valence-electron chi connectivity index (χ4n) is 8.87. The third kappa shape index (κ3) is 5.88. The standard InChI is InChI=1S/C54H42N2/c1-2-22-38-27-21-34-50-51(38)45-31-18-20-33-48(45)54(50)47-32-19-17-29-43(47)46-37-41(35-36-49(46)54)42-28-15-16-30-44(42)53(55)56-52(40-25-13-10-14-26-40)39-23-11-8-6-4-3-5-7-9-12-24-39/h2-37,52H,1H3,(H2,55,56)/b4-3+,5-3?,6-4?,7-5-,8-6+,9-7?,11-8?,12-9-,22-2-,23-11-,24-12?,39-23?,39-24+. The van der Waals surface area contributed by atoms with Crippen molar-refractivity contribution in [2.24, 2.45) is 10.7 Å². The number of nitrogens with two attached hydrogens (primary N) is 1. The van der Waals surface area contributed by atoms with E-state index in [1.807, 2.05) is 54.7 Å². The minimum absolute atomic E-state index is 0.317. The summed E-state index contributed by atoms with van der Waals surface area (Å²) in [6.07, 6.45) is 26.9. The summed E-state index contributed by atoms with van der Waals surface area (Å²) >= 11 is 0. The first-order valence-corrected chi connectivity index (χ1v) is 19.3. The van der Waals surface area contributed by atoms with E-state index in [4.69, 9.17) is 10.7 Å². The van der Waals surface area contributed by atoms with Gasteiger partial charge in [-0.05, 0) is 85.3 Å². The fourth-order valence-corrected chi connectivity index (χ4v) is 8.87. The average molecular weight is 719 g/mol. The Labute approximate surface area is 330 Å². The van der Waals surface area contributed by atoms with Crippen LogP contribution in [0, 0.1) is 0 Å². The Morgan fingerprint density at radius 3 is 1.93 bits per heavy atom. The van der Waals surface area contributed by atoms with Crippen LogP contribution in [-0.2, 0) is 5.41 Å². The molecule has 3 aliphatic rings. The van der Waals surface area contributed by atoms with Gasteiger partial charge in [0, 0.05) is 5.56 Å². The molecule has 0 saturated carbocycles. The molecule has 56 heavy (non-hydrogen) atoms. The number of amidine groups is 1. The largest absolute Gasteiger partial charge is 0.383 e. The zero-order valence-corrected chi connectivity index (χ0v) is 31.4. The molecule has 2 heteroatoms. The Bertz CT molecular complexity index is 2710. The van der Waals surface area contributed by atoms with Gasteiger partial charge in [-0.1, -0.05) is 212 Å². The zero-order valence-electron chi connectivity index (χ0n) is 31.4. The molecule has 0 bridgehead atoms. The van der Waals surface area contributed by atoms with Crippen LogP contribution in [-0.4, -0.2) is 5.84 Å². The molecular weight excluding hydrogens is 677 g/mol. The number of benzene rings is 6. The van der Waals surface area contributed by atoms with E-state index >= 15 is 0 Å². The topological polar surface area (TPSA) is 38.4 Å². The lowest BCUT2D eigenvalue weighted by atomic mass is 9.70. The van der Waals surface area contributed by atoms with E-state index in [2.05, 4.69) is 171 Å². The smallest absolute Gasteiger partial charge is 0.127 e. The summed E-state index contributed by atoms with van der Waals surface area (Å²) in [6, 6.07) is 50.2. The van der Waals surface area contributed by atoms with Gasteiger partial charge in [0.1, 0.15) is 11.9 Å². The van der Waals surface area contributed by atoms with E-state index in [9.17, 15) is 0 Å².